The number of hydrogen-bond donors (Lipinski definition) is 0. The number of para-hydroxylation sites is 1. The Morgan fingerprint density at radius 1 is 1.42 bits per heavy atom. The predicted molar refractivity (Wildman–Crippen MR) is 88.5 cm³/mol. The number of anilines is 1. The Labute approximate surface area is 126 Å². The quantitative estimate of drug-likeness (QED) is 0.769. The van der Waals surface area contributed by atoms with Crippen molar-refractivity contribution in [3.8, 4) is 0 Å². The number of thioether (sulfide) groups is 1. The average Bonchev–Trinajstić information content (AvgIpc) is 2.46. The first kappa shape index (κ1) is 13.3. The number of benzene rings is 1. The molecule has 1 aromatic carbocycles. The molecule has 2 heterocycles. The maximum atomic E-state index is 4.91. The lowest BCUT2D eigenvalue weighted by atomic mass is 10.1. The minimum absolute atomic E-state index is 0.560. The molecule has 1 fully saturated rings. The zero-order valence-corrected chi connectivity index (χ0v) is 13.4. The van der Waals surface area contributed by atoms with Gasteiger partial charge in [-0.15, -0.1) is 0 Å². The highest BCUT2D eigenvalue weighted by Gasteiger charge is 2.22. The molecule has 1 atom stereocenters. The van der Waals surface area contributed by atoms with E-state index in [0.29, 0.717) is 6.04 Å². The fourth-order valence-corrected chi connectivity index (χ4v) is 3.96. The van der Waals surface area contributed by atoms with Crippen molar-refractivity contribution in [2.45, 2.75) is 18.3 Å². The van der Waals surface area contributed by atoms with Crippen LogP contribution < -0.4 is 4.90 Å². The molecule has 0 saturated carbocycles. The molecule has 1 aliphatic rings. The molecule has 1 aromatic heterocycles. The van der Waals surface area contributed by atoms with Gasteiger partial charge in [-0.2, -0.15) is 11.8 Å². The molecule has 1 unspecified atom stereocenters. The van der Waals surface area contributed by atoms with E-state index < -0.39 is 0 Å². The molecule has 2 aromatic rings. The number of aromatic nitrogens is 1. The van der Waals surface area contributed by atoms with Gasteiger partial charge in [0.1, 0.15) is 5.82 Å². The molecule has 0 spiro atoms. The molecule has 0 N–H and O–H groups in total. The van der Waals surface area contributed by atoms with E-state index in [-0.39, 0.29) is 0 Å². The van der Waals surface area contributed by atoms with Gasteiger partial charge in [-0.05, 0) is 19.1 Å². The number of alkyl halides is 1. The molecule has 0 radical (unpaired) electrons. The molecule has 0 bridgehead atoms. The lowest BCUT2D eigenvalue weighted by Gasteiger charge is -2.35. The molecule has 3 rings (SSSR count). The third-order valence-electron chi connectivity index (χ3n) is 3.56. The van der Waals surface area contributed by atoms with E-state index in [1.54, 1.807) is 0 Å². The third-order valence-corrected chi connectivity index (χ3v) is 5.36. The van der Waals surface area contributed by atoms with Gasteiger partial charge in [-0.3, -0.25) is 0 Å². The monoisotopic (exact) mass is 336 g/mol. The Balaban J connectivity index is 2.10. The van der Waals surface area contributed by atoms with Crippen LogP contribution in [-0.2, 0) is 5.33 Å². The first-order valence-corrected chi connectivity index (χ1v) is 8.86. The van der Waals surface area contributed by atoms with Crippen LogP contribution in [0.5, 0.6) is 0 Å². The van der Waals surface area contributed by atoms with Gasteiger partial charge < -0.3 is 4.90 Å². The van der Waals surface area contributed by atoms with Gasteiger partial charge in [0.15, 0.2) is 0 Å². The lowest BCUT2D eigenvalue weighted by molar-refractivity contribution is 0.689. The highest BCUT2D eigenvalue weighted by Crippen LogP contribution is 2.29. The Hall–Kier alpha value is -0.740. The van der Waals surface area contributed by atoms with Crippen molar-refractivity contribution in [2.24, 2.45) is 0 Å². The standard InChI is InChI=1S/C15H17BrN2S/c1-11-10-19-7-6-18(11)15-13(9-16)8-12-4-2-3-5-14(12)17-15/h2-5,8,11H,6-7,9-10H2,1H3. The number of rotatable bonds is 2. The van der Waals surface area contributed by atoms with Gasteiger partial charge in [0.05, 0.1) is 5.52 Å². The Morgan fingerprint density at radius 3 is 3.05 bits per heavy atom. The summed E-state index contributed by atoms with van der Waals surface area (Å²) in [6.45, 7) is 3.39. The summed E-state index contributed by atoms with van der Waals surface area (Å²) in [7, 11) is 0. The smallest absolute Gasteiger partial charge is 0.133 e. The maximum Gasteiger partial charge on any atom is 0.133 e. The van der Waals surface area contributed by atoms with Gasteiger partial charge >= 0.3 is 0 Å². The summed E-state index contributed by atoms with van der Waals surface area (Å²) in [5, 5.41) is 2.08. The summed E-state index contributed by atoms with van der Waals surface area (Å²) >= 11 is 5.65. The van der Waals surface area contributed by atoms with Crippen molar-refractivity contribution < 1.29 is 0 Å². The van der Waals surface area contributed by atoms with Gasteiger partial charge in [0.25, 0.3) is 0 Å². The van der Waals surface area contributed by atoms with E-state index in [1.165, 1.54) is 22.5 Å². The minimum atomic E-state index is 0.560. The largest absolute Gasteiger partial charge is 0.352 e. The average molecular weight is 337 g/mol. The van der Waals surface area contributed by atoms with E-state index >= 15 is 0 Å². The van der Waals surface area contributed by atoms with E-state index in [4.69, 9.17) is 4.98 Å². The van der Waals surface area contributed by atoms with E-state index in [2.05, 4.69) is 58.1 Å². The van der Waals surface area contributed by atoms with Crippen molar-refractivity contribution >= 4 is 44.4 Å². The maximum absolute atomic E-state index is 4.91. The summed E-state index contributed by atoms with van der Waals surface area (Å²) in [5.41, 5.74) is 2.38. The molecular weight excluding hydrogens is 320 g/mol. The summed E-state index contributed by atoms with van der Waals surface area (Å²) in [4.78, 5) is 7.36. The van der Waals surface area contributed by atoms with Crippen LogP contribution in [0.4, 0.5) is 5.82 Å². The lowest BCUT2D eigenvalue weighted by Crippen LogP contribution is -2.41. The SMILES string of the molecule is CC1CSCCN1c1nc2ccccc2cc1CBr. The summed E-state index contributed by atoms with van der Waals surface area (Å²) in [5.74, 6) is 3.54. The summed E-state index contributed by atoms with van der Waals surface area (Å²) < 4.78 is 0. The van der Waals surface area contributed by atoms with Gasteiger partial charge in [-0.25, -0.2) is 4.98 Å². The first-order chi connectivity index (χ1) is 9.29. The van der Waals surface area contributed by atoms with E-state index in [0.717, 1.165) is 23.2 Å². The van der Waals surface area contributed by atoms with E-state index in [1.807, 2.05) is 11.8 Å². The third kappa shape index (κ3) is 2.61. The molecule has 1 saturated heterocycles. The Kier molecular flexibility index (Phi) is 3.99. The van der Waals surface area contributed by atoms with Crippen LogP contribution in [0, 0.1) is 0 Å². The van der Waals surface area contributed by atoms with Crippen LogP contribution in [0.2, 0.25) is 0 Å². The molecule has 2 nitrogen and oxygen atoms in total. The highest BCUT2D eigenvalue weighted by atomic mass is 79.9. The second-order valence-corrected chi connectivity index (χ2v) is 6.63. The second kappa shape index (κ2) is 5.71. The van der Waals surface area contributed by atoms with Crippen LogP contribution in [0.3, 0.4) is 0 Å². The van der Waals surface area contributed by atoms with Gasteiger partial charge in [0.2, 0.25) is 0 Å². The summed E-state index contributed by atoms with van der Waals surface area (Å²) in [6.07, 6.45) is 0. The molecule has 19 heavy (non-hydrogen) atoms. The van der Waals surface area contributed by atoms with Crippen molar-refractivity contribution in [2.75, 3.05) is 23.0 Å². The van der Waals surface area contributed by atoms with Gasteiger partial charge in [0, 0.05) is 40.4 Å². The normalized spacial score (nSPS) is 19.9. The van der Waals surface area contributed by atoms with Gasteiger partial charge in [-0.1, -0.05) is 34.1 Å². The number of halogens is 1. The number of hydrogen-bond acceptors (Lipinski definition) is 3. The van der Waals surface area contributed by atoms with Crippen LogP contribution in [0.15, 0.2) is 30.3 Å². The molecule has 0 aliphatic carbocycles. The van der Waals surface area contributed by atoms with E-state index in [9.17, 15) is 0 Å². The van der Waals surface area contributed by atoms with Crippen LogP contribution in [-0.4, -0.2) is 29.1 Å². The molecule has 1 aliphatic heterocycles. The summed E-state index contributed by atoms with van der Waals surface area (Å²) in [6, 6.07) is 11.2. The fourth-order valence-electron chi connectivity index (χ4n) is 2.54. The predicted octanol–water partition coefficient (Wildman–Crippen LogP) is 4.07. The van der Waals surface area contributed by atoms with Crippen molar-refractivity contribution in [3.63, 3.8) is 0 Å². The van der Waals surface area contributed by atoms with Crippen LogP contribution in [0.25, 0.3) is 10.9 Å². The van der Waals surface area contributed by atoms with Crippen molar-refractivity contribution in [3.05, 3.63) is 35.9 Å². The zero-order chi connectivity index (χ0) is 13.2. The molecule has 0 amide bonds. The molecule has 100 valence electrons. The molecular formula is C15H17BrN2S. The number of pyridine rings is 1. The molecule has 4 heteroatoms. The Bertz CT molecular complexity index is 587. The van der Waals surface area contributed by atoms with Crippen molar-refractivity contribution in [1.82, 2.24) is 4.98 Å². The van der Waals surface area contributed by atoms with Crippen LogP contribution in [0.1, 0.15) is 12.5 Å². The highest BCUT2D eigenvalue weighted by molar-refractivity contribution is 9.08. The fraction of sp³-hybridized carbons (Fsp3) is 0.400. The zero-order valence-electron chi connectivity index (χ0n) is 11.0. The Morgan fingerprint density at radius 2 is 2.26 bits per heavy atom. The first-order valence-electron chi connectivity index (χ1n) is 6.58. The minimum Gasteiger partial charge on any atom is -0.352 e. The second-order valence-electron chi connectivity index (χ2n) is 4.91. The number of nitrogens with zero attached hydrogens (tertiary/aromatic N) is 2. The van der Waals surface area contributed by atoms with Crippen LogP contribution >= 0.6 is 27.7 Å². The van der Waals surface area contributed by atoms with Crippen molar-refractivity contribution in [1.29, 1.82) is 0 Å². The number of fused-ring (bicyclic) bond motifs is 1. The topological polar surface area (TPSA) is 16.1 Å².